The van der Waals surface area contributed by atoms with Gasteiger partial charge < -0.3 is 13.6 Å². The van der Waals surface area contributed by atoms with Crippen LogP contribution in [0.15, 0.2) is 0 Å². The summed E-state index contributed by atoms with van der Waals surface area (Å²) in [5.41, 5.74) is 0. The average molecular weight is 1170 g/mol. The summed E-state index contributed by atoms with van der Waals surface area (Å²) >= 11 is 2.24. The molecule has 356 valence electrons. The van der Waals surface area contributed by atoms with Crippen LogP contribution < -0.4 is 0 Å². The molecule has 0 aliphatic heterocycles. The molecule has 6 nitrogen and oxygen atoms in total. The van der Waals surface area contributed by atoms with Crippen molar-refractivity contribution >= 4 is 64.5 Å². The summed E-state index contributed by atoms with van der Waals surface area (Å²) < 4.78 is 17.9. The Balaban J connectivity index is -0.000000199. The summed E-state index contributed by atoms with van der Waals surface area (Å²) in [5, 5.41) is 2.77. The molecule has 0 atom stereocenters. The molecule has 0 saturated heterocycles. The standard InChI is InChI=1S/C26H55O3P.C6H17O3P.2C6H13.2Cu.2I/c1-4-7-10-13-15-17-19-22-25-28-30(27-24-21-12-9-6-3)29-26-23-20-18-16-14-11-8-5-2;1-2-3-4-5-6-10(7,8)9;2*1-3-5-6-4-2;;;;/h4-26H2,1-3H3;7-10H,2-6H2,1H3;2*1,3-6H2,2H3;;;;. The van der Waals surface area contributed by atoms with E-state index in [2.05, 4.69) is 56.5 Å². The van der Waals surface area contributed by atoms with Crippen molar-refractivity contribution in [1.82, 2.24) is 0 Å². The van der Waals surface area contributed by atoms with E-state index in [1.807, 2.05) is 0 Å². The molecule has 0 rings (SSSR count). The molecule has 12 heteroatoms. The van der Waals surface area contributed by atoms with E-state index >= 15 is 0 Å². The van der Waals surface area contributed by atoms with Gasteiger partial charge >= 0.3 is 161 Å². The first-order chi connectivity index (χ1) is 25.8. The molecule has 0 aromatic heterocycles. The van der Waals surface area contributed by atoms with E-state index in [-0.39, 0.29) is 71.2 Å². The Bertz CT molecular complexity index is 601. The Hall–Kier alpha value is 3.12. The van der Waals surface area contributed by atoms with Crippen LogP contribution in [0.3, 0.4) is 0 Å². The third-order valence-corrected chi connectivity index (χ3v) is 12.6. The SMILES string of the molecule is CCCCCCCCCCOP(OCCCCCC)OCCCCCCCCCC.CCCCCC[PH](O)(O)O.CCCCC[CH2][Cu][CH2]CCCCC.[Cu].[I].[I]. The van der Waals surface area contributed by atoms with Gasteiger partial charge in [0.05, 0.1) is 19.8 Å². The van der Waals surface area contributed by atoms with Crippen LogP contribution in [-0.4, -0.2) is 40.7 Å². The molecule has 0 amide bonds. The van der Waals surface area contributed by atoms with Gasteiger partial charge in [-0.1, -0.05) is 130 Å². The fourth-order valence-electron chi connectivity index (χ4n) is 5.55. The van der Waals surface area contributed by atoms with Crippen molar-refractivity contribution in [2.24, 2.45) is 0 Å². The van der Waals surface area contributed by atoms with Gasteiger partial charge in [0.25, 0.3) is 0 Å². The maximum absolute atomic E-state index is 8.57. The van der Waals surface area contributed by atoms with Gasteiger partial charge in [-0.2, -0.15) is 0 Å². The van der Waals surface area contributed by atoms with Gasteiger partial charge in [-0.3, -0.25) is 0 Å². The summed E-state index contributed by atoms with van der Waals surface area (Å²) in [7, 11) is -4.85. The minimum atomic E-state index is -3.71. The van der Waals surface area contributed by atoms with E-state index in [0.717, 1.165) is 64.8 Å². The van der Waals surface area contributed by atoms with Crippen molar-refractivity contribution in [2.45, 2.75) is 258 Å². The summed E-state index contributed by atoms with van der Waals surface area (Å²) in [4.78, 5) is 25.7. The van der Waals surface area contributed by atoms with Gasteiger partial charge in [-0.25, -0.2) is 0 Å². The zero-order valence-corrected chi connectivity index (χ0v) is 45.8. The Labute approximate surface area is 404 Å². The molecule has 0 fully saturated rings. The van der Waals surface area contributed by atoms with E-state index in [4.69, 9.17) is 28.3 Å². The monoisotopic (exact) mass is 1160 g/mol. The van der Waals surface area contributed by atoms with Gasteiger partial charge in [0.15, 0.2) is 0 Å². The van der Waals surface area contributed by atoms with E-state index in [1.165, 1.54) is 171 Å². The van der Waals surface area contributed by atoms with Crippen LogP contribution in [0.4, 0.5) is 0 Å². The molecular weight excluding hydrogens is 1070 g/mol. The van der Waals surface area contributed by atoms with Crippen LogP contribution in [0.1, 0.15) is 247 Å². The van der Waals surface area contributed by atoms with Crippen LogP contribution in [0, 0.1) is 0 Å². The predicted octanol–water partition coefficient (Wildman–Crippen LogP) is 18.0. The van der Waals surface area contributed by atoms with Crippen molar-refractivity contribution in [1.29, 1.82) is 0 Å². The number of unbranched alkanes of at least 4 members (excludes halogenated alkanes) is 26. The summed E-state index contributed by atoms with van der Waals surface area (Å²) in [6.45, 7) is 15.8. The molecule has 0 heterocycles. The maximum atomic E-state index is 8.57. The van der Waals surface area contributed by atoms with Crippen molar-refractivity contribution in [3.05, 3.63) is 0 Å². The number of hydrogen-bond donors (Lipinski definition) is 3. The number of halogens is 2. The Kier molecular flexibility index (Phi) is 81.8. The third-order valence-electron chi connectivity index (χ3n) is 9.08. The van der Waals surface area contributed by atoms with Gasteiger partial charge in [-0.15, -0.1) is 0 Å². The van der Waals surface area contributed by atoms with E-state index < -0.39 is 16.5 Å². The average Bonchev–Trinajstić information content (AvgIpc) is 3.14. The topological polar surface area (TPSA) is 88.4 Å². The zero-order chi connectivity index (χ0) is 39.8. The van der Waals surface area contributed by atoms with Gasteiger partial charge in [0, 0.05) is 65.0 Å². The molecule has 0 bridgehead atoms. The fourth-order valence-corrected chi connectivity index (χ4v) is 8.51. The van der Waals surface area contributed by atoms with E-state index in [1.54, 1.807) is 0 Å². The first-order valence-corrected chi connectivity index (χ1v) is 27.6. The molecule has 0 aromatic rings. The minimum absolute atomic E-state index is 0. The molecule has 3 N–H and O–H groups in total. The molecule has 56 heavy (non-hydrogen) atoms. The van der Waals surface area contributed by atoms with Crippen LogP contribution in [0.25, 0.3) is 0 Å². The van der Waals surface area contributed by atoms with Crippen molar-refractivity contribution in [3.63, 3.8) is 0 Å². The first kappa shape index (κ1) is 70.8. The van der Waals surface area contributed by atoms with Crippen LogP contribution in [0.2, 0.25) is 10.6 Å². The Morgan fingerprint density at radius 3 is 0.875 bits per heavy atom. The zero-order valence-electron chi connectivity index (χ0n) is 37.7. The summed E-state index contributed by atoms with van der Waals surface area (Å²) in [5.74, 6) is 0. The molecule has 0 aliphatic carbocycles. The first-order valence-electron chi connectivity index (χ1n) is 23.1. The number of hydrogen-bond acceptors (Lipinski definition) is 6. The van der Waals surface area contributed by atoms with Crippen LogP contribution in [0.5, 0.6) is 0 Å². The van der Waals surface area contributed by atoms with Gasteiger partial charge in [-0.05, 0) is 19.3 Å². The number of rotatable bonds is 41. The van der Waals surface area contributed by atoms with Crippen LogP contribution >= 0.6 is 64.5 Å². The smallest absolute Gasteiger partial charge is 0 e. The molecule has 3 radical (unpaired) electrons. The van der Waals surface area contributed by atoms with Crippen molar-refractivity contribution < 1.29 is 60.3 Å². The Morgan fingerprint density at radius 2 is 0.589 bits per heavy atom. The predicted molar refractivity (Wildman–Crippen MR) is 264 cm³/mol. The molecule has 0 unspecified atom stereocenters. The summed E-state index contributed by atoms with van der Waals surface area (Å²) in [6, 6.07) is 0. The molecule has 0 spiro atoms. The molecule has 0 aromatic carbocycles. The quantitative estimate of drug-likeness (QED) is 0.0245. The second-order valence-electron chi connectivity index (χ2n) is 14.9. The Morgan fingerprint density at radius 1 is 0.357 bits per heavy atom. The third kappa shape index (κ3) is 74.6. The molecular formula is C44H98Cu2I2O6P2. The maximum Gasteiger partial charge on any atom is 0 e. The van der Waals surface area contributed by atoms with Gasteiger partial charge in [0.2, 0.25) is 0 Å². The normalized spacial score (nSPS) is 11.2. The van der Waals surface area contributed by atoms with Crippen LogP contribution in [-0.2, 0) is 45.6 Å². The summed E-state index contributed by atoms with van der Waals surface area (Å²) in [6.07, 6.45) is 41.6. The second-order valence-corrected chi connectivity index (χ2v) is 19.6. The minimum Gasteiger partial charge on any atom is 0 e. The van der Waals surface area contributed by atoms with E-state index in [9.17, 15) is 0 Å². The molecule has 0 aliphatic rings. The van der Waals surface area contributed by atoms with E-state index in [0.29, 0.717) is 0 Å². The second kappa shape index (κ2) is 64.7. The van der Waals surface area contributed by atoms with Crippen molar-refractivity contribution in [2.75, 3.05) is 26.0 Å². The largest absolute Gasteiger partial charge is 0 e. The molecule has 0 saturated carbocycles. The van der Waals surface area contributed by atoms with Gasteiger partial charge in [0.1, 0.15) is 0 Å². The van der Waals surface area contributed by atoms with Crippen molar-refractivity contribution in [3.8, 4) is 0 Å². The fraction of sp³-hybridized carbons (Fsp3) is 1.00.